The summed E-state index contributed by atoms with van der Waals surface area (Å²) in [5.74, 6) is -1.99. The maximum atomic E-state index is 13.7. The van der Waals surface area contributed by atoms with Gasteiger partial charge in [-0.3, -0.25) is 0 Å². The lowest BCUT2D eigenvalue weighted by molar-refractivity contribution is 0.280. The van der Waals surface area contributed by atoms with Crippen molar-refractivity contribution in [3.05, 3.63) is 29.3 Å². The highest BCUT2D eigenvalue weighted by Gasteiger charge is 2.16. The van der Waals surface area contributed by atoms with Gasteiger partial charge in [0.05, 0.1) is 18.9 Å². The SMILES string of the molecule is NCc1ccc(N(CCO)CCO)c(F)c1F. The second kappa shape index (κ2) is 6.48. The molecule has 1 aromatic carbocycles. The number of aliphatic hydroxyl groups excluding tert-OH is 2. The number of nitrogens with two attached hydrogens (primary N) is 1. The number of aliphatic hydroxyl groups is 2. The fraction of sp³-hybridized carbons (Fsp3) is 0.455. The fourth-order valence-electron chi connectivity index (χ4n) is 1.58. The molecule has 0 atom stereocenters. The zero-order chi connectivity index (χ0) is 12.8. The van der Waals surface area contributed by atoms with Gasteiger partial charge >= 0.3 is 0 Å². The van der Waals surface area contributed by atoms with Crippen LogP contribution < -0.4 is 10.6 Å². The summed E-state index contributed by atoms with van der Waals surface area (Å²) in [5.41, 5.74) is 5.38. The Labute approximate surface area is 98.3 Å². The Bertz CT molecular complexity index is 369. The maximum absolute atomic E-state index is 13.7. The van der Waals surface area contributed by atoms with E-state index in [0.717, 1.165) is 0 Å². The van der Waals surface area contributed by atoms with E-state index in [9.17, 15) is 8.78 Å². The summed E-state index contributed by atoms with van der Waals surface area (Å²) in [6.07, 6.45) is 0. The lowest BCUT2D eigenvalue weighted by Gasteiger charge is -2.24. The molecule has 17 heavy (non-hydrogen) atoms. The summed E-state index contributed by atoms with van der Waals surface area (Å²) in [5, 5.41) is 17.7. The second-order valence-corrected chi connectivity index (χ2v) is 3.51. The van der Waals surface area contributed by atoms with Crippen molar-refractivity contribution in [3.63, 3.8) is 0 Å². The molecule has 96 valence electrons. The van der Waals surface area contributed by atoms with Gasteiger partial charge < -0.3 is 20.8 Å². The van der Waals surface area contributed by atoms with Crippen molar-refractivity contribution < 1.29 is 19.0 Å². The molecule has 0 aliphatic carbocycles. The molecule has 0 aromatic heterocycles. The average Bonchev–Trinajstić information content (AvgIpc) is 2.32. The van der Waals surface area contributed by atoms with Gasteiger partial charge in [-0.2, -0.15) is 0 Å². The Kier molecular flexibility index (Phi) is 5.27. The molecule has 6 heteroatoms. The monoisotopic (exact) mass is 246 g/mol. The van der Waals surface area contributed by atoms with Crippen LogP contribution in [0.25, 0.3) is 0 Å². The van der Waals surface area contributed by atoms with Gasteiger partial charge in [0.15, 0.2) is 11.6 Å². The molecule has 0 heterocycles. The fourth-order valence-corrected chi connectivity index (χ4v) is 1.58. The van der Waals surface area contributed by atoms with Gasteiger partial charge in [-0.1, -0.05) is 6.07 Å². The molecule has 0 bridgehead atoms. The number of hydrogen-bond acceptors (Lipinski definition) is 4. The minimum atomic E-state index is -1.00. The van der Waals surface area contributed by atoms with Gasteiger partial charge in [0.2, 0.25) is 0 Å². The molecule has 1 aromatic rings. The average molecular weight is 246 g/mol. The van der Waals surface area contributed by atoms with Crippen LogP contribution in [0.1, 0.15) is 5.56 Å². The van der Waals surface area contributed by atoms with Crippen molar-refractivity contribution in [3.8, 4) is 0 Å². The van der Waals surface area contributed by atoms with E-state index >= 15 is 0 Å². The highest BCUT2D eigenvalue weighted by atomic mass is 19.2. The van der Waals surface area contributed by atoms with Crippen LogP contribution in [0, 0.1) is 11.6 Å². The molecule has 0 fully saturated rings. The Balaban J connectivity index is 3.07. The zero-order valence-electron chi connectivity index (χ0n) is 9.37. The van der Waals surface area contributed by atoms with E-state index in [-0.39, 0.29) is 44.1 Å². The Morgan fingerprint density at radius 3 is 2.12 bits per heavy atom. The van der Waals surface area contributed by atoms with E-state index in [1.165, 1.54) is 17.0 Å². The molecule has 0 saturated carbocycles. The molecule has 4 N–H and O–H groups in total. The molecule has 4 nitrogen and oxygen atoms in total. The number of halogens is 2. The molecular weight excluding hydrogens is 230 g/mol. The highest BCUT2D eigenvalue weighted by molar-refractivity contribution is 5.50. The quantitative estimate of drug-likeness (QED) is 0.671. The van der Waals surface area contributed by atoms with Gasteiger partial charge in [-0.15, -0.1) is 0 Å². The van der Waals surface area contributed by atoms with E-state index in [4.69, 9.17) is 15.9 Å². The van der Waals surface area contributed by atoms with Crippen molar-refractivity contribution >= 4 is 5.69 Å². The van der Waals surface area contributed by atoms with Gasteiger partial charge in [-0.25, -0.2) is 8.78 Å². The van der Waals surface area contributed by atoms with Crippen LogP contribution in [0.3, 0.4) is 0 Å². The van der Waals surface area contributed by atoms with Gasteiger partial charge in [0.1, 0.15) is 0 Å². The third-order valence-corrected chi connectivity index (χ3v) is 2.44. The first-order valence-corrected chi connectivity index (χ1v) is 5.29. The summed E-state index contributed by atoms with van der Waals surface area (Å²) in [6.45, 7) is -0.250. The van der Waals surface area contributed by atoms with Crippen molar-refractivity contribution in [2.75, 3.05) is 31.2 Å². The summed E-state index contributed by atoms with van der Waals surface area (Å²) in [7, 11) is 0. The maximum Gasteiger partial charge on any atom is 0.182 e. The first-order chi connectivity index (χ1) is 8.15. The summed E-state index contributed by atoms with van der Waals surface area (Å²) < 4.78 is 27.2. The topological polar surface area (TPSA) is 69.7 Å². The minimum absolute atomic E-state index is 0.0165. The molecule has 0 unspecified atom stereocenters. The predicted octanol–water partition coefficient (Wildman–Crippen LogP) is 0.214. The number of nitrogens with zero attached hydrogens (tertiary/aromatic N) is 1. The van der Waals surface area contributed by atoms with Gasteiger partial charge in [0, 0.05) is 25.2 Å². The normalized spacial score (nSPS) is 10.6. The number of rotatable bonds is 6. The van der Waals surface area contributed by atoms with Crippen LogP contribution in [0.5, 0.6) is 0 Å². The minimum Gasteiger partial charge on any atom is -0.395 e. The van der Waals surface area contributed by atoms with Crippen LogP contribution in [0.2, 0.25) is 0 Å². The lowest BCUT2D eigenvalue weighted by atomic mass is 10.1. The molecular formula is C11H16F2N2O2. The summed E-state index contributed by atoms with van der Waals surface area (Å²) in [6, 6.07) is 2.79. The van der Waals surface area contributed by atoms with Crippen molar-refractivity contribution in [1.29, 1.82) is 0 Å². The third kappa shape index (κ3) is 3.12. The van der Waals surface area contributed by atoms with E-state index < -0.39 is 11.6 Å². The van der Waals surface area contributed by atoms with Crippen molar-refractivity contribution in [2.45, 2.75) is 6.54 Å². The standard InChI is InChI=1S/C11H16F2N2O2/c12-10-8(7-14)1-2-9(11(10)13)15(3-5-16)4-6-17/h1-2,16-17H,3-7,14H2. The first kappa shape index (κ1) is 13.8. The van der Waals surface area contributed by atoms with Crippen LogP contribution in [-0.4, -0.2) is 36.5 Å². The van der Waals surface area contributed by atoms with E-state index in [0.29, 0.717) is 0 Å². The molecule has 0 radical (unpaired) electrons. The van der Waals surface area contributed by atoms with Crippen LogP contribution in [0.4, 0.5) is 14.5 Å². The summed E-state index contributed by atoms with van der Waals surface area (Å²) in [4.78, 5) is 1.37. The molecule has 0 amide bonds. The lowest BCUT2D eigenvalue weighted by Crippen LogP contribution is -2.30. The second-order valence-electron chi connectivity index (χ2n) is 3.51. The smallest absolute Gasteiger partial charge is 0.182 e. The van der Waals surface area contributed by atoms with Crippen molar-refractivity contribution in [2.24, 2.45) is 5.73 Å². The Morgan fingerprint density at radius 1 is 1.06 bits per heavy atom. The van der Waals surface area contributed by atoms with Crippen LogP contribution in [0.15, 0.2) is 12.1 Å². The third-order valence-electron chi connectivity index (χ3n) is 2.44. The molecule has 0 aliphatic heterocycles. The van der Waals surface area contributed by atoms with E-state index in [2.05, 4.69) is 0 Å². The first-order valence-electron chi connectivity index (χ1n) is 5.29. The molecule has 1 rings (SSSR count). The van der Waals surface area contributed by atoms with Crippen molar-refractivity contribution in [1.82, 2.24) is 0 Å². The Morgan fingerprint density at radius 2 is 1.65 bits per heavy atom. The number of hydrogen-bond donors (Lipinski definition) is 3. The van der Waals surface area contributed by atoms with E-state index in [1.54, 1.807) is 0 Å². The number of anilines is 1. The highest BCUT2D eigenvalue weighted by Crippen LogP contribution is 2.23. The molecule has 0 spiro atoms. The zero-order valence-corrected chi connectivity index (χ0v) is 9.37. The molecule has 0 saturated heterocycles. The molecule has 0 aliphatic rings. The summed E-state index contributed by atoms with van der Waals surface area (Å²) >= 11 is 0. The van der Waals surface area contributed by atoms with E-state index in [1.807, 2.05) is 0 Å². The van der Waals surface area contributed by atoms with Crippen LogP contribution >= 0.6 is 0 Å². The largest absolute Gasteiger partial charge is 0.395 e. The Hall–Kier alpha value is -1.24. The predicted molar refractivity (Wildman–Crippen MR) is 60.6 cm³/mol. The van der Waals surface area contributed by atoms with Gasteiger partial charge in [-0.05, 0) is 6.07 Å². The number of benzene rings is 1. The van der Waals surface area contributed by atoms with Gasteiger partial charge in [0.25, 0.3) is 0 Å². The van der Waals surface area contributed by atoms with Crippen LogP contribution in [-0.2, 0) is 6.54 Å².